The van der Waals surface area contributed by atoms with Gasteiger partial charge in [-0.05, 0) is 17.7 Å². The lowest BCUT2D eigenvalue weighted by atomic mass is 10.2. The molecule has 2 N–H and O–H groups in total. The smallest absolute Gasteiger partial charge is 0.407 e. The number of hydrogen-bond acceptors (Lipinski definition) is 3. The van der Waals surface area contributed by atoms with Crippen LogP contribution in [-0.2, 0) is 11.3 Å². The highest BCUT2D eigenvalue weighted by molar-refractivity contribution is 6.32. The maximum Gasteiger partial charge on any atom is 0.407 e. The second-order valence-electron chi connectivity index (χ2n) is 4.67. The van der Waals surface area contributed by atoms with E-state index in [1.54, 1.807) is 6.08 Å². The van der Waals surface area contributed by atoms with Gasteiger partial charge in [-0.2, -0.15) is 0 Å². The predicted molar refractivity (Wildman–Crippen MR) is 86.7 cm³/mol. The summed E-state index contributed by atoms with van der Waals surface area (Å²) in [5, 5.41) is 12.1. The predicted octanol–water partition coefficient (Wildman–Crippen LogP) is 4.12. The van der Waals surface area contributed by atoms with Crippen LogP contribution in [0.3, 0.4) is 0 Å². The Morgan fingerprint density at radius 2 is 2.04 bits per heavy atom. The molecule has 6 heteroatoms. The van der Waals surface area contributed by atoms with Crippen LogP contribution < -0.4 is 5.32 Å². The third-order valence-corrected chi connectivity index (χ3v) is 3.22. The summed E-state index contributed by atoms with van der Waals surface area (Å²) in [7, 11) is 0. The molecule has 23 heavy (non-hydrogen) atoms. The molecule has 2 aromatic carbocycles. The Labute approximate surface area is 138 Å². The van der Waals surface area contributed by atoms with Crippen molar-refractivity contribution in [2.24, 2.45) is 0 Å². The van der Waals surface area contributed by atoms with Gasteiger partial charge in [0.2, 0.25) is 0 Å². The molecule has 0 saturated heterocycles. The number of rotatable bonds is 5. The molecule has 0 fully saturated rings. The van der Waals surface area contributed by atoms with Gasteiger partial charge >= 0.3 is 6.09 Å². The van der Waals surface area contributed by atoms with Crippen LogP contribution in [0.2, 0.25) is 5.02 Å². The number of nitrogens with one attached hydrogen (secondary N) is 1. The molecule has 0 spiro atoms. The first-order chi connectivity index (χ1) is 11.1. The second kappa shape index (κ2) is 8.19. The van der Waals surface area contributed by atoms with Crippen LogP contribution in [0.15, 0.2) is 48.5 Å². The topological polar surface area (TPSA) is 58.6 Å². The molecule has 0 aromatic heterocycles. The van der Waals surface area contributed by atoms with Gasteiger partial charge in [0.25, 0.3) is 0 Å². The molecule has 0 aliphatic carbocycles. The summed E-state index contributed by atoms with van der Waals surface area (Å²) >= 11 is 5.67. The summed E-state index contributed by atoms with van der Waals surface area (Å²) < 4.78 is 18.2. The number of alkyl carbamates (subject to hydrolysis) is 1. The van der Waals surface area contributed by atoms with E-state index >= 15 is 0 Å². The van der Waals surface area contributed by atoms with Crippen molar-refractivity contribution in [1.29, 1.82) is 0 Å². The lowest BCUT2D eigenvalue weighted by Crippen LogP contribution is -2.24. The molecule has 4 nitrogen and oxygen atoms in total. The molecule has 0 radical (unpaired) electrons. The Morgan fingerprint density at radius 3 is 2.78 bits per heavy atom. The van der Waals surface area contributed by atoms with Gasteiger partial charge in [0, 0.05) is 12.1 Å². The van der Waals surface area contributed by atoms with Crippen molar-refractivity contribution >= 4 is 23.8 Å². The monoisotopic (exact) mass is 335 g/mol. The number of phenols is 1. The van der Waals surface area contributed by atoms with Gasteiger partial charge in [0.15, 0.2) is 0 Å². The molecule has 2 rings (SSSR count). The first-order valence-corrected chi connectivity index (χ1v) is 7.23. The number of amides is 1. The van der Waals surface area contributed by atoms with Gasteiger partial charge in [-0.1, -0.05) is 54.1 Å². The molecule has 0 aliphatic rings. The quantitative estimate of drug-likeness (QED) is 0.864. The molecule has 0 bridgehead atoms. The highest BCUT2D eigenvalue weighted by Gasteiger charge is 2.06. The normalized spacial score (nSPS) is 10.7. The maximum absolute atomic E-state index is 13.2. The zero-order valence-corrected chi connectivity index (χ0v) is 12.9. The van der Waals surface area contributed by atoms with E-state index in [4.69, 9.17) is 16.3 Å². The molecule has 0 heterocycles. The molecule has 0 unspecified atom stereocenters. The average molecular weight is 336 g/mol. The molecule has 0 saturated carbocycles. The van der Waals surface area contributed by atoms with Gasteiger partial charge in [-0.15, -0.1) is 0 Å². The molecule has 1 amide bonds. The fourth-order valence-corrected chi connectivity index (χ4v) is 2.03. The van der Waals surface area contributed by atoms with E-state index in [9.17, 15) is 14.3 Å². The van der Waals surface area contributed by atoms with Gasteiger partial charge in [0.05, 0.1) is 5.02 Å². The van der Waals surface area contributed by atoms with Crippen molar-refractivity contribution < 1.29 is 19.0 Å². The van der Waals surface area contributed by atoms with E-state index < -0.39 is 11.9 Å². The van der Waals surface area contributed by atoms with Crippen LogP contribution in [0.25, 0.3) is 6.08 Å². The minimum absolute atomic E-state index is 0.0696. The Hall–Kier alpha value is -2.53. The molecule has 0 aliphatic heterocycles. The standard InChI is InChI=1S/C17H15ClFNO3/c18-15-10-14(19)9-13(16(15)21)7-4-8-20-17(22)23-11-12-5-2-1-3-6-12/h1-7,9-10,21H,8,11H2,(H,20,22). The van der Waals surface area contributed by atoms with E-state index in [0.29, 0.717) is 0 Å². The van der Waals surface area contributed by atoms with Crippen molar-refractivity contribution in [3.63, 3.8) is 0 Å². The van der Waals surface area contributed by atoms with Gasteiger partial charge in [-0.25, -0.2) is 9.18 Å². The molecule has 2 aromatic rings. The first kappa shape index (κ1) is 16.8. The summed E-state index contributed by atoms with van der Waals surface area (Å²) in [6.07, 6.45) is 2.44. The number of benzene rings is 2. The molecular formula is C17H15ClFNO3. The maximum atomic E-state index is 13.2. The third kappa shape index (κ3) is 5.30. The van der Waals surface area contributed by atoms with Crippen molar-refractivity contribution in [1.82, 2.24) is 5.32 Å². The van der Waals surface area contributed by atoms with Crippen LogP contribution in [0.4, 0.5) is 9.18 Å². The van der Waals surface area contributed by atoms with Crippen molar-refractivity contribution in [3.05, 3.63) is 70.5 Å². The SMILES string of the molecule is O=C(NCC=Cc1cc(F)cc(Cl)c1O)OCc1ccccc1. The summed E-state index contributed by atoms with van der Waals surface area (Å²) in [6, 6.07) is 11.5. The number of ether oxygens (including phenoxy) is 1. The number of phenolic OH excluding ortho intramolecular Hbond substituents is 1. The fraction of sp³-hybridized carbons (Fsp3) is 0.118. The molecule has 0 atom stereocenters. The minimum atomic E-state index is -0.569. The summed E-state index contributed by atoms with van der Waals surface area (Å²) in [5.41, 5.74) is 1.12. The van der Waals surface area contributed by atoms with Crippen LogP contribution in [0.5, 0.6) is 5.75 Å². The van der Waals surface area contributed by atoms with Crippen molar-refractivity contribution in [2.75, 3.05) is 6.54 Å². The van der Waals surface area contributed by atoms with E-state index in [-0.39, 0.29) is 29.5 Å². The van der Waals surface area contributed by atoms with Gasteiger partial charge in [-0.3, -0.25) is 0 Å². The number of carbonyl (C=O) groups is 1. The number of hydrogen-bond donors (Lipinski definition) is 2. The first-order valence-electron chi connectivity index (χ1n) is 6.85. The van der Waals surface area contributed by atoms with Crippen molar-refractivity contribution in [2.45, 2.75) is 6.61 Å². The van der Waals surface area contributed by atoms with E-state index in [1.165, 1.54) is 6.08 Å². The number of aromatic hydroxyl groups is 1. The Morgan fingerprint density at radius 1 is 1.30 bits per heavy atom. The Bertz CT molecular complexity index is 704. The third-order valence-electron chi connectivity index (χ3n) is 2.93. The van der Waals surface area contributed by atoms with Crippen LogP contribution >= 0.6 is 11.6 Å². The van der Waals surface area contributed by atoms with Crippen molar-refractivity contribution in [3.8, 4) is 5.75 Å². The molecule has 120 valence electrons. The van der Waals surface area contributed by atoms with Gasteiger partial charge < -0.3 is 15.2 Å². The lowest BCUT2D eigenvalue weighted by molar-refractivity contribution is 0.141. The van der Waals surface area contributed by atoms with E-state index in [2.05, 4.69) is 5.32 Å². The lowest BCUT2D eigenvalue weighted by Gasteiger charge is -2.05. The van der Waals surface area contributed by atoms with Crippen LogP contribution in [0.1, 0.15) is 11.1 Å². The average Bonchev–Trinajstić information content (AvgIpc) is 2.54. The highest BCUT2D eigenvalue weighted by Crippen LogP contribution is 2.29. The Kier molecular flexibility index (Phi) is 6.00. The second-order valence-corrected chi connectivity index (χ2v) is 5.08. The van der Waals surface area contributed by atoms with E-state index in [1.807, 2.05) is 30.3 Å². The van der Waals surface area contributed by atoms with Crippen LogP contribution in [0, 0.1) is 5.82 Å². The fourth-order valence-electron chi connectivity index (χ4n) is 1.82. The summed E-state index contributed by atoms with van der Waals surface area (Å²) in [6.45, 7) is 0.345. The zero-order chi connectivity index (χ0) is 16.7. The van der Waals surface area contributed by atoms with Gasteiger partial charge in [0.1, 0.15) is 18.2 Å². The minimum Gasteiger partial charge on any atom is -0.506 e. The van der Waals surface area contributed by atoms with Crippen LogP contribution in [-0.4, -0.2) is 17.7 Å². The van der Waals surface area contributed by atoms with E-state index in [0.717, 1.165) is 17.7 Å². The number of halogens is 2. The number of carbonyl (C=O) groups excluding carboxylic acids is 1. The molecular weight excluding hydrogens is 321 g/mol. The largest absolute Gasteiger partial charge is 0.506 e. The Balaban J connectivity index is 1.79. The zero-order valence-electron chi connectivity index (χ0n) is 12.1. The highest BCUT2D eigenvalue weighted by atomic mass is 35.5. The summed E-state index contributed by atoms with van der Waals surface area (Å²) in [5.74, 6) is -0.765. The summed E-state index contributed by atoms with van der Waals surface area (Å²) in [4.78, 5) is 11.5.